The molecule has 2 heterocycles. The van der Waals surface area contributed by atoms with Crippen LogP contribution in [-0.4, -0.2) is 19.3 Å². The molecule has 0 fully saturated rings. The molecule has 2 aromatic rings. The van der Waals surface area contributed by atoms with Crippen molar-refractivity contribution in [2.75, 3.05) is 5.73 Å². The molecule has 5 heteroatoms. The van der Waals surface area contributed by atoms with Crippen LogP contribution in [0.4, 0.5) is 5.82 Å². The summed E-state index contributed by atoms with van der Waals surface area (Å²) in [5, 5.41) is 4.37. The van der Waals surface area contributed by atoms with Crippen LogP contribution in [0.25, 0.3) is 11.3 Å². The maximum absolute atomic E-state index is 5.93. The van der Waals surface area contributed by atoms with Gasteiger partial charge in [-0.05, 0) is 6.42 Å². The summed E-state index contributed by atoms with van der Waals surface area (Å²) in [5.41, 5.74) is 8.81. The predicted octanol–water partition coefficient (Wildman–Crippen LogP) is 0.965. The fraction of sp³-hybridized carbons (Fsp3) is 0.400. The first kappa shape index (κ1) is 9.76. The molecule has 0 amide bonds. The van der Waals surface area contributed by atoms with Crippen molar-refractivity contribution < 1.29 is 0 Å². The highest BCUT2D eigenvalue weighted by atomic mass is 15.3. The molecule has 15 heavy (non-hydrogen) atoms. The molecule has 0 aliphatic rings. The molecular formula is C10H15N5. The maximum atomic E-state index is 5.93. The summed E-state index contributed by atoms with van der Waals surface area (Å²) in [4.78, 5) is 4.29. The van der Waals surface area contributed by atoms with Gasteiger partial charge in [-0.3, -0.25) is 4.68 Å². The fourth-order valence-corrected chi connectivity index (χ4v) is 1.64. The molecule has 0 radical (unpaired) electrons. The molecule has 0 aliphatic carbocycles. The van der Waals surface area contributed by atoms with Gasteiger partial charge in [0.05, 0.1) is 12.0 Å². The van der Waals surface area contributed by atoms with E-state index < -0.39 is 0 Å². The molecule has 0 saturated carbocycles. The van der Waals surface area contributed by atoms with Gasteiger partial charge in [-0.1, -0.05) is 6.92 Å². The Morgan fingerprint density at radius 1 is 1.40 bits per heavy atom. The first-order chi connectivity index (χ1) is 7.13. The SMILES string of the molecule is CCc1nn(C)cc1-c1ncn(C)c1N. The zero-order valence-electron chi connectivity index (χ0n) is 9.23. The summed E-state index contributed by atoms with van der Waals surface area (Å²) in [6.45, 7) is 2.07. The van der Waals surface area contributed by atoms with Gasteiger partial charge < -0.3 is 10.3 Å². The Kier molecular flexibility index (Phi) is 2.22. The quantitative estimate of drug-likeness (QED) is 0.794. The molecule has 2 aromatic heterocycles. The Morgan fingerprint density at radius 3 is 2.67 bits per heavy atom. The summed E-state index contributed by atoms with van der Waals surface area (Å²) < 4.78 is 3.60. The summed E-state index contributed by atoms with van der Waals surface area (Å²) in [7, 11) is 3.79. The van der Waals surface area contributed by atoms with Crippen LogP contribution in [0, 0.1) is 0 Å². The van der Waals surface area contributed by atoms with E-state index in [9.17, 15) is 0 Å². The number of aromatic nitrogens is 4. The van der Waals surface area contributed by atoms with E-state index in [0.717, 1.165) is 23.4 Å². The van der Waals surface area contributed by atoms with E-state index in [2.05, 4.69) is 17.0 Å². The lowest BCUT2D eigenvalue weighted by molar-refractivity contribution is 0.746. The second kappa shape index (κ2) is 3.42. The first-order valence-electron chi connectivity index (χ1n) is 4.93. The molecule has 0 bridgehead atoms. The van der Waals surface area contributed by atoms with Gasteiger partial charge in [-0.15, -0.1) is 0 Å². The third-order valence-corrected chi connectivity index (χ3v) is 2.48. The molecule has 2 rings (SSSR count). The van der Waals surface area contributed by atoms with Crippen LogP contribution in [0.15, 0.2) is 12.5 Å². The van der Waals surface area contributed by atoms with E-state index in [-0.39, 0.29) is 0 Å². The summed E-state index contributed by atoms with van der Waals surface area (Å²) >= 11 is 0. The van der Waals surface area contributed by atoms with Crippen LogP contribution in [0.3, 0.4) is 0 Å². The van der Waals surface area contributed by atoms with Gasteiger partial charge in [-0.25, -0.2) is 4.98 Å². The lowest BCUT2D eigenvalue weighted by Gasteiger charge is -1.98. The smallest absolute Gasteiger partial charge is 0.131 e. The van der Waals surface area contributed by atoms with Crippen molar-refractivity contribution >= 4 is 5.82 Å². The standard InChI is InChI=1S/C10H15N5/c1-4-8-7(5-15(3)13-8)9-10(11)14(2)6-12-9/h5-6H,4,11H2,1-3H3. The molecule has 0 aliphatic heterocycles. The van der Waals surface area contributed by atoms with Crippen molar-refractivity contribution in [2.24, 2.45) is 14.1 Å². The number of nitrogens with two attached hydrogens (primary N) is 1. The minimum Gasteiger partial charge on any atom is -0.383 e. The molecule has 80 valence electrons. The van der Waals surface area contributed by atoms with Gasteiger partial charge in [0.2, 0.25) is 0 Å². The Bertz CT molecular complexity index is 480. The molecule has 0 saturated heterocycles. The summed E-state index contributed by atoms with van der Waals surface area (Å²) in [5.74, 6) is 0.678. The first-order valence-corrected chi connectivity index (χ1v) is 4.93. The van der Waals surface area contributed by atoms with E-state index in [0.29, 0.717) is 5.82 Å². The van der Waals surface area contributed by atoms with Crippen LogP contribution in [0.2, 0.25) is 0 Å². The minimum atomic E-state index is 0.678. The lowest BCUT2D eigenvalue weighted by atomic mass is 10.1. The maximum Gasteiger partial charge on any atom is 0.131 e. The molecule has 0 unspecified atom stereocenters. The Labute approximate surface area is 88.5 Å². The summed E-state index contributed by atoms with van der Waals surface area (Å²) in [6, 6.07) is 0. The Balaban J connectivity index is 2.57. The molecule has 2 N–H and O–H groups in total. The van der Waals surface area contributed by atoms with Crippen LogP contribution in [0.5, 0.6) is 0 Å². The van der Waals surface area contributed by atoms with E-state index in [1.165, 1.54) is 0 Å². The highest BCUT2D eigenvalue weighted by Gasteiger charge is 2.14. The number of anilines is 1. The van der Waals surface area contributed by atoms with Crippen LogP contribution >= 0.6 is 0 Å². The number of hydrogen-bond acceptors (Lipinski definition) is 3. The minimum absolute atomic E-state index is 0.678. The topological polar surface area (TPSA) is 61.7 Å². The summed E-state index contributed by atoms with van der Waals surface area (Å²) in [6.07, 6.45) is 4.56. The number of rotatable bonds is 2. The van der Waals surface area contributed by atoms with Crippen molar-refractivity contribution in [1.29, 1.82) is 0 Å². The normalized spacial score (nSPS) is 10.9. The van der Waals surface area contributed by atoms with Crippen molar-refractivity contribution in [2.45, 2.75) is 13.3 Å². The van der Waals surface area contributed by atoms with E-state index in [1.54, 1.807) is 11.0 Å². The second-order valence-corrected chi connectivity index (χ2v) is 3.61. The van der Waals surface area contributed by atoms with Gasteiger partial charge in [0, 0.05) is 25.9 Å². The number of hydrogen-bond donors (Lipinski definition) is 1. The molecular weight excluding hydrogens is 190 g/mol. The highest BCUT2D eigenvalue weighted by Crippen LogP contribution is 2.26. The third-order valence-electron chi connectivity index (χ3n) is 2.48. The molecule has 0 aromatic carbocycles. The molecule has 0 spiro atoms. The highest BCUT2D eigenvalue weighted by molar-refractivity contribution is 5.71. The average Bonchev–Trinajstić information content (AvgIpc) is 2.72. The van der Waals surface area contributed by atoms with E-state index in [4.69, 9.17) is 5.73 Å². The Morgan fingerprint density at radius 2 is 2.13 bits per heavy atom. The second-order valence-electron chi connectivity index (χ2n) is 3.61. The van der Waals surface area contributed by atoms with E-state index >= 15 is 0 Å². The van der Waals surface area contributed by atoms with Crippen molar-refractivity contribution in [3.8, 4) is 11.3 Å². The van der Waals surface area contributed by atoms with Gasteiger partial charge in [0.15, 0.2) is 0 Å². The fourth-order valence-electron chi connectivity index (χ4n) is 1.64. The number of aryl methyl sites for hydroxylation is 3. The Hall–Kier alpha value is -1.78. The zero-order chi connectivity index (χ0) is 11.0. The third kappa shape index (κ3) is 1.49. The monoisotopic (exact) mass is 205 g/mol. The van der Waals surface area contributed by atoms with Gasteiger partial charge in [-0.2, -0.15) is 5.10 Å². The van der Waals surface area contributed by atoms with Gasteiger partial charge in [0.25, 0.3) is 0 Å². The number of imidazole rings is 1. The largest absolute Gasteiger partial charge is 0.383 e. The van der Waals surface area contributed by atoms with Crippen LogP contribution in [0.1, 0.15) is 12.6 Å². The van der Waals surface area contributed by atoms with Crippen LogP contribution in [-0.2, 0) is 20.5 Å². The number of nitrogens with zero attached hydrogens (tertiary/aromatic N) is 4. The average molecular weight is 205 g/mol. The predicted molar refractivity (Wildman–Crippen MR) is 59.2 cm³/mol. The van der Waals surface area contributed by atoms with Gasteiger partial charge >= 0.3 is 0 Å². The van der Waals surface area contributed by atoms with Gasteiger partial charge in [0.1, 0.15) is 11.5 Å². The van der Waals surface area contributed by atoms with Crippen LogP contribution < -0.4 is 5.73 Å². The van der Waals surface area contributed by atoms with Crippen molar-refractivity contribution in [3.05, 3.63) is 18.2 Å². The lowest BCUT2D eigenvalue weighted by Crippen LogP contribution is -1.96. The van der Waals surface area contributed by atoms with Crippen molar-refractivity contribution in [1.82, 2.24) is 19.3 Å². The molecule has 5 nitrogen and oxygen atoms in total. The number of nitrogen functional groups attached to an aromatic ring is 1. The zero-order valence-corrected chi connectivity index (χ0v) is 9.23. The van der Waals surface area contributed by atoms with Crippen molar-refractivity contribution in [3.63, 3.8) is 0 Å². The molecule has 0 atom stereocenters. The van der Waals surface area contributed by atoms with E-state index in [1.807, 2.05) is 24.9 Å².